The van der Waals surface area contributed by atoms with Gasteiger partial charge in [0.25, 0.3) is 5.91 Å². The van der Waals surface area contributed by atoms with Gasteiger partial charge in [0.2, 0.25) is 5.91 Å². The van der Waals surface area contributed by atoms with Crippen molar-refractivity contribution < 1.29 is 14.3 Å². The number of fused-ring (bicyclic) bond motifs is 1. The molecule has 1 spiro atoms. The largest absolute Gasteiger partial charge is 0.485 e. The highest BCUT2D eigenvalue weighted by molar-refractivity contribution is 5.97. The summed E-state index contributed by atoms with van der Waals surface area (Å²) in [5, 5.41) is 5.82. The van der Waals surface area contributed by atoms with Crippen molar-refractivity contribution in [3.63, 3.8) is 0 Å². The third-order valence-electron chi connectivity index (χ3n) is 5.48. The van der Waals surface area contributed by atoms with Crippen LogP contribution in [-0.2, 0) is 11.3 Å². The van der Waals surface area contributed by atoms with E-state index < -0.39 is 0 Å². The van der Waals surface area contributed by atoms with E-state index in [1.165, 1.54) is 12.5 Å². The number of likely N-dealkylation sites (tertiary alicyclic amines) is 1. The first-order valence-corrected chi connectivity index (χ1v) is 9.68. The van der Waals surface area contributed by atoms with Crippen molar-refractivity contribution in [2.75, 3.05) is 25.0 Å². The molecule has 2 heterocycles. The van der Waals surface area contributed by atoms with Crippen LogP contribution < -0.4 is 15.4 Å². The van der Waals surface area contributed by atoms with Crippen LogP contribution in [0.25, 0.3) is 0 Å². The first-order chi connectivity index (χ1) is 13.5. The van der Waals surface area contributed by atoms with E-state index in [2.05, 4.69) is 15.5 Å². The highest BCUT2D eigenvalue weighted by Gasteiger charge is 2.39. The van der Waals surface area contributed by atoms with Crippen LogP contribution in [0.3, 0.4) is 0 Å². The molecule has 0 aromatic heterocycles. The molecule has 1 fully saturated rings. The van der Waals surface area contributed by atoms with Gasteiger partial charge in [0.05, 0.1) is 12.1 Å². The Morgan fingerprint density at radius 2 is 1.86 bits per heavy atom. The maximum Gasteiger partial charge on any atom is 0.255 e. The molecule has 2 N–H and O–H groups in total. The number of carbonyl (C=O) groups excluding carboxylic acids is 2. The van der Waals surface area contributed by atoms with Gasteiger partial charge in [0, 0.05) is 45.1 Å². The van der Waals surface area contributed by atoms with Crippen LogP contribution in [0, 0.1) is 0 Å². The number of carbonyl (C=O) groups is 2. The van der Waals surface area contributed by atoms with Gasteiger partial charge in [-0.05, 0) is 29.8 Å². The first kappa shape index (κ1) is 18.5. The van der Waals surface area contributed by atoms with E-state index in [4.69, 9.17) is 4.74 Å². The van der Waals surface area contributed by atoms with E-state index in [-0.39, 0.29) is 17.4 Å². The van der Waals surface area contributed by atoms with E-state index in [0.717, 1.165) is 38.2 Å². The monoisotopic (exact) mass is 379 g/mol. The molecule has 2 aromatic rings. The van der Waals surface area contributed by atoms with Crippen LogP contribution in [0.5, 0.6) is 5.75 Å². The predicted octanol–water partition coefficient (Wildman–Crippen LogP) is 2.80. The number of piperidine rings is 1. The van der Waals surface area contributed by atoms with Crippen LogP contribution in [0.2, 0.25) is 0 Å². The lowest BCUT2D eigenvalue weighted by Crippen LogP contribution is -2.52. The maximum absolute atomic E-state index is 12.3. The molecule has 6 heteroatoms. The Balaban J connectivity index is 1.38. The number of hydrogen-bond acceptors (Lipinski definition) is 4. The third kappa shape index (κ3) is 4.02. The lowest BCUT2D eigenvalue weighted by atomic mass is 9.90. The second kappa shape index (κ2) is 7.64. The highest BCUT2D eigenvalue weighted by atomic mass is 16.5. The summed E-state index contributed by atoms with van der Waals surface area (Å²) < 4.78 is 6.36. The summed E-state index contributed by atoms with van der Waals surface area (Å²) in [7, 11) is 0. The lowest BCUT2D eigenvalue weighted by Gasteiger charge is -2.41. The summed E-state index contributed by atoms with van der Waals surface area (Å²) in [6, 6.07) is 15.4. The smallest absolute Gasteiger partial charge is 0.255 e. The quantitative estimate of drug-likeness (QED) is 0.860. The second-order valence-electron chi connectivity index (χ2n) is 7.62. The maximum atomic E-state index is 12.3. The van der Waals surface area contributed by atoms with Crippen molar-refractivity contribution in [2.45, 2.75) is 31.9 Å². The Labute approximate surface area is 164 Å². The van der Waals surface area contributed by atoms with Gasteiger partial charge in [-0.2, -0.15) is 0 Å². The molecule has 2 amide bonds. The molecule has 2 aliphatic heterocycles. The molecule has 2 aliphatic rings. The third-order valence-corrected chi connectivity index (χ3v) is 5.48. The van der Waals surface area contributed by atoms with Gasteiger partial charge in [0.15, 0.2) is 0 Å². The Hall–Kier alpha value is -2.86. The van der Waals surface area contributed by atoms with Crippen molar-refractivity contribution in [1.82, 2.24) is 10.2 Å². The molecular weight excluding hydrogens is 354 g/mol. The highest BCUT2D eigenvalue weighted by Crippen LogP contribution is 2.33. The molecule has 0 aliphatic carbocycles. The van der Waals surface area contributed by atoms with Gasteiger partial charge in [-0.1, -0.05) is 24.3 Å². The molecule has 0 radical (unpaired) electrons. The number of amides is 2. The molecule has 146 valence electrons. The minimum Gasteiger partial charge on any atom is -0.485 e. The number of ether oxygens (including phenoxy) is 1. The molecule has 0 unspecified atom stereocenters. The summed E-state index contributed by atoms with van der Waals surface area (Å²) >= 11 is 0. The minimum absolute atomic E-state index is 0.0610. The zero-order valence-corrected chi connectivity index (χ0v) is 16.0. The molecule has 0 saturated carbocycles. The zero-order chi connectivity index (χ0) is 19.6. The standard InChI is InChI=1S/C22H25N3O3/c1-16(26)24-18-8-6-17(7-9-18)14-25-12-10-22(11-13-25)15-23-21(27)19-4-2-3-5-20(19)28-22/h2-9H,10-15H2,1H3,(H,23,27)(H,24,26). The number of rotatable bonds is 3. The van der Waals surface area contributed by atoms with E-state index in [9.17, 15) is 9.59 Å². The fraction of sp³-hybridized carbons (Fsp3) is 0.364. The van der Waals surface area contributed by atoms with Gasteiger partial charge in [-0.3, -0.25) is 14.5 Å². The number of hydrogen-bond donors (Lipinski definition) is 2. The average molecular weight is 379 g/mol. The van der Waals surface area contributed by atoms with Gasteiger partial charge in [-0.15, -0.1) is 0 Å². The second-order valence-corrected chi connectivity index (χ2v) is 7.62. The number of anilines is 1. The average Bonchev–Trinajstić information content (AvgIpc) is 2.82. The number of para-hydroxylation sites is 1. The molecule has 4 rings (SSSR count). The summed E-state index contributed by atoms with van der Waals surface area (Å²) in [4.78, 5) is 25.8. The van der Waals surface area contributed by atoms with Crippen molar-refractivity contribution in [2.24, 2.45) is 0 Å². The van der Waals surface area contributed by atoms with Crippen molar-refractivity contribution in [1.29, 1.82) is 0 Å². The number of nitrogens with one attached hydrogen (secondary N) is 2. The molecule has 6 nitrogen and oxygen atoms in total. The Morgan fingerprint density at radius 1 is 1.14 bits per heavy atom. The molecule has 1 saturated heterocycles. The first-order valence-electron chi connectivity index (χ1n) is 9.68. The molecule has 28 heavy (non-hydrogen) atoms. The molecule has 0 atom stereocenters. The SMILES string of the molecule is CC(=O)Nc1ccc(CN2CCC3(CC2)CNC(=O)c2ccccc2O3)cc1. The normalized spacial score (nSPS) is 18.5. The van der Waals surface area contributed by atoms with Gasteiger partial charge in [-0.25, -0.2) is 0 Å². The van der Waals surface area contributed by atoms with E-state index in [1.54, 1.807) is 0 Å². The lowest BCUT2D eigenvalue weighted by molar-refractivity contribution is -0.114. The van der Waals surface area contributed by atoms with Crippen LogP contribution in [0.1, 0.15) is 35.7 Å². The Bertz CT molecular complexity index is 871. The minimum atomic E-state index is -0.339. The Kier molecular flexibility index (Phi) is 5.05. The van der Waals surface area contributed by atoms with Crippen molar-refractivity contribution in [3.05, 3.63) is 59.7 Å². The summed E-state index contributed by atoms with van der Waals surface area (Å²) in [5.74, 6) is 0.555. The predicted molar refractivity (Wildman–Crippen MR) is 107 cm³/mol. The number of nitrogens with zero attached hydrogens (tertiary/aromatic N) is 1. The molecular formula is C22H25N3O3. The van der Waals surface area contributed by atoms with E-state index in [1.807, 2.05) is 48.5 Å². The molecule has 0 bridgehead atoms. The van der Waals surface area contributed by atoms with Crippen molar-refractivity contribution >= 4 is 17.5 Å². The van der Waals surface area contributed by atoms with Crippen LogP contribution in [-0.4, -0.2) is 41.9 Å². The fourth-order valence-electron chi connectivity index (χ4n) is 3.90. The van der Waals surface area contributed by atoms with E-state index >= 15 is 0 Å². The van der Waals surface area contributed by atoms with Gasteiger partial charge < -0.3 is 15.4 Å². The van der Waals surface area contributed by atoms with Crippen LogP contribution in [0.4, 0.5) is 5.69 Å². The van der Waals surface area contributed by atoms with Crippen LogP contribution >= 0.6 is 0 Å². The van der Waals surface area contributed by atoms with Gasteiger partial charge >= 0.3 is 0 Å². The van der Waals surface area contributed by atoms with Crippen molar-refractivity contribution in [3.8, 4) is 5.75 Å². The Morgan fingerprint density at radius 3 is 2.57 bits per heavy atom. The van der Waals surface area contributed by atoms with Gasteiger partial charge in [0.1, 0.15) is 11.4 Å². The summed E-state index contributed by atoms with van der Waals surface area (Å²) in [6.45, 7) is 4.73. The van der Waals surface area contributed by atoms with Crippen LogP contribution in [0.15, 0.2) is 48.5 Å². The fourth-order valence-corrected chi connectivity index (χ4v) is 3.90. The zero-order valence-electron chi connectivity index (χ0n) is 16.0. The van der Waals surface area contributed by atoms with E-state index in [0.29, 0.717) is 17.9 Å². The summed E-state index contributed by atoms with van der Waals surface area (Å²) in [6.07, 6.45) is 1.73. The number of benzene rings is 2. The summed E-state index contributed by atoms with van der Waals surface area (Å²) in [5.41, 5.74) is 2.30. The molecule has 2 aromatic carbocycles. The topological polar surface area (TPSA) is 70.7 Å².